The van der Waals surface area contributed by atoms with Gasteiger partial charge in [0.1, 0.15) is 5.78 Å². The molecule has 0 aromatic carbocycles. The summed E-state index contributed by atoms with van der Waals surface area (Å²) in [6, 6.07) is 0. The Kier molecular flexibility index (Phi) is 1.94. The van der Waals surface area contributed by atoms with Gasteiger partial charge in [0.05, 0.1) is 6.10 Å². The van der Waals surface area contributed by atoms with Gasteiger partial charge in [0.15, 0.2) is 0 Å². The molecular formula is C12H18O2. The lowest BCUT2D eigenvalue weighted by Crippen LogP contribution is -2.02. The Hall–Kier alpha value is -0.370. The third kappa shape index (κ3) is 1.50. The molecule has 5 atom stereocenters. The summed E-state index contributed by atoms with van der Waals surface area (Å²) in [7, 11) is 0. The quantitative estimate of drug-likeness (QED) is 0.638. The molecule has 0 bridgehead atoms. The Morgan fingerprint density at radius 3 is 2.07 bits per heavy atom. The van der Waals surface area contributed by atoms with E-state index in [1.54, 1.807) is 0 Å². The lowest BCUT2D eigenvalue weighted by Gasteiger charge is -1.97. The highest BCUT2D eigenvalue weighted by molar-refractivity contribution is 5.86. The second-order valence-electron chi connectivity index (χ2n) is 5.41. The van der Waals surface area contributed by atoms with Gasteiger partial charge in [0.25, 0.3) is 0 Å². The van der Waals surface area contributed by atoms with Crippen molar-refractivity contribution in [3.63, 3.8) is 0 Å². The molecule has 0 heterocycles. The molecule has 0 aromatic rings. The summed E-state index contributed by atoms with van der Waals surface area (Å²) in [5.41, 5.74) is 0. The number of aliphatic hydroxyl groups excluding tert-OH is 1. The number of fused-ring (bicyclic) bond motifs is 2. The largest absolute Gasteiger partial charge is 0.393 e. The molecule has 1 N–H and O–H groups in total. The molecule has 78 valence electrons. The van der Waals surface area contributed by atoms with Crippen molar-refractivity contribution in [1.82, 2.24) is 0 Å². The number of hydrogen-bond acceptors (Lipinski definition) is 2. The molecule has 0 aliphatic heterocycles. The van der Waals surface area contributed by atoms with Crippen molar-refractivity contribution >= 4 is 5.78 Å². The van der Waals surface area contributed by atoms with E-state index in [2.05, 4.69) is 0 Å². The van der Waals surface area contributed by atoms with Gasteiger partial charge >= 0.3 is 0 Å². The van der Waals surface area contributed by atoms with Crippen LogP contribution in [-0.4, -0.2) is 17.0 Å². The van der Waals surface area contributed by atoms with Gasteiger partial charge in [-0.25, -0.2) is 0 Å². The number of aliphatic hydroxyl groups is 1. The predicted molar refractivity (Wildman–Crippen MR) is 52.7 cm³/mol. The summed E-state index contributed by atoms with van der Waals surface area (Å²) in [4.78, 5) is 10.6. The minimum atomic E-state index is 0.0880. The number of carbonyl (C=O) groups excluding carboxylic acids is 1. The first kappa shape index (κ1) is 8.90. The fraction of sp³-hybridized carbons (Fsp3) is 0.917. The van der Waals surface area contributed by atoms with E-state index in [1.165, 1.54) is 25.7 Å². The van der Waals surface area contributed by atoms with Crippen molar-refractivity contribution in [1.29, 1.82) is 0 Å². The molecule has 0 radical (unpaired) electrons. The minimum absolute atomic E-state index is 0.0880. The van der Waals surface area contributed by atoms with Gasteiger partial charge in [-0.3, -0.25) is 4.79 Å². The number of ketones is 1. The van der Waals surface area contributed by atoms with Crippen LogP contribution in [-0.2, 0) is 4.79 Å². The molecule has 2 heteroatoms. The van der Waals surface area contributed by atoms with E-state index in [4.69, 9.17) is 5.11 Å². The minimum Gasteiger partial charge on any atom is -0.393 e. The van der Waals surface area contributed by atoms with E-state index < -0.39 is 0 Å². The first-order valence-corrected chi connectivity index (χ1v) is 5.96. The van der Waals surface area contributed by atoms with Crippen LogP contribution in [0, 0.1) is 23.7 Å². The molecule has 4 rings (SSSR count). The van der Waals surface area contributed by atoms with Crippen LogP contribution < -0.4 is 0 Å². The summed E-state index contributed by atoms with van der Waals surface area (Å²) in [6.45, 7) is 0. The average molecular weight is 194 g/mol. The van der Waals surface area contributed by atoms with Crippen LogP contribution >= 0.6 is 0 Å². The normalized spacial score (nSPS) is 51.8. The molecule has 0 aromatic heterocycles. The average Bonchev–Trinajstić information content (AvgIpc) is 3.08. The molecule has 4 saturated carbocycles. The van der Waals surface area contributed by atoms with E-state index in [9.17, 15) is 4.79 Å². The Morgan fingerprint density at radius 1 is 1.07 bits per heavy atom. The summed E-state index contributed by atoms with van der Waals surface area (Å²) in [5.74, 6) is 3.59. The van der Waals surface area contributed by atoms with Crippen LogP contribution in [0.15, 0.2) is 0 Å². The van der Waals surface area contributed by atoms with E-state index in [1.807, 2.05) is 0 Å². The van der Waals surface area contributed by atoms with Crippen molar-refractivity contribution in [2.24, 2.45) is 23.7 Å². The predicted octanol–water partition coefficient (Wildman–Crippen LogP) is 1.76. The first-order valence-electron chi connectivity index (χ1n) is 5.96. The monoisotopic (exact) mass is 194 g/mol. The molecule has 4 aliphatic carbocycles. The summed E-state index contributed by atoms with van der Waals surface area (Å²) in [5, 5.41) is 9.04. The third-order valence-electron chi connectivity index (χ3n) is 4.40. The number of hydrogen-bond donors (Lipinski definition) is 1. The fourth-order valence-electron chi connectivity index (χ4n) is 3.15. The molecule has 4 aliphatic rings. The van der Waals surface area contributed by atoms with E-state index in [0.29, 0.717) is 11.7 Å². The van der Waals surface area contributed by atoms with Crippen molar-refractivity contribution in [3.05, 3.63) is 0 Å². The molecule has 0 unspecified atom stereocenters. The molecule has 14 heavy (non-hydrogen) atoms. The maximum atomic E-state index is 10.6. The van der Waals surface area contributed by atoms with Crippen LogP contribution in [0.1, 0.15) is 38.5 Å². The Balaban J connectivity index is 0.0000000914. The molecule has 0 saturated heterocycles. The Bertz CT molecular complexity index is 261. The smallest absolute Gasteiger partial charge is 0.136 e. The summed E-state index contributed by atoms with van der Waals surface area (Å²) in [6.07, 6.45) is 7.09. The van der Waals surface area contributed by atoms with Gasteiger partial charge in [0, 0.05) is 12.3 Å². The van der Waals surface area contributed by atoms with Gasteiger partial charge in [-0.15, -0.1) is 0 Å². The second-order valence-corrected chi connectivity index (χ2v) is 5.41. The van der Waals surface area contributed by atoms with Crippen molar-refractivity contribution in [2.75, 3.05) is 0 Å². The molecule has 4 fully saturated rings. The molecular weight excluding hydrogens is 176 g/mol. The zero-order valence-electron chi connectivity index (χ0n) is 8.48. The number of rotatable bonds is 0. The van der Waals surface area contributed by atoms with Gasteiger partial charge < -0.3 is 5.11 Å². The first-order chi connectivity index (χ1) is 6.75. The Labute approximate surface area is 84.7 Å². The maximum absolute atomic E-state index is 10.6. The third-order valence-corrected chi connectivity index (χ3v) is 4.40. The van der Waals surface area contributed by atoms with Crippen LogP contribution in [0.25, 0.3) is 0 Å². The van der Waals surface area contributed by atoms with Crippen molar-refractivity contribution < 1.29 is 9.90 Å². The summed E-state index contributed by atoms with van der Waals surface area (Å²) >= 11 is 0. The maximum Gasteiger partial charge on any atom is 0.136 e. The van der Waals surface area contributed by atoms with Gasteiger partial charge in [-0.2, -0.15) is 0 Å². The number of Topliss-reactive ketones (excluding diaryl/α,β-unsaturated/α-hetero) is 1. The molecule has 0 spiro atoms. The lowest BCUT2D eigenvalue weighted by atomic mass is 10.2. The van der Waals surface area contributed by atoms with E-state index in [-0.39, 0.29) is 6.10 Å². The standard InChI is InChI=1S/C6H10O.C6H8O/c2*7-6-2-1-4-3-5(4)6/h4-7H,1-3H2;4-5H,1-3H2/t4-,5+,6+;4-,5+/m00/s1. The van der Waals surface area contributed by atoms with Crippen LogP contribution in [0.5, 0.6) is 0 Å². The van der Waals surface area contributed by atoms with Crippen LogP contribution in [0.4, 0.5) is 0 Å². The van der Waals surface area contributed by atoms with Crippen LogP contribution in [0.2, 0.25) is 0 Å². The Morgan fingerprint density at radius 2 is 1.93 bits per heavy atom. The SMILES string of the molecule is O=C1CC[C@H]2C[C@@H]12.O[C@@H]1CC[C@H]2C[C@H]21. The van der Waals surface area contributed by atoms with Gasteiger partial charge in [0.2, 0.25) is 0 Å². The van der Waals surface area contributed by atoms with E-state index >= 15 is 0 Å². The van der Waals surface area contributed by atoms with Crippen molar-refractivity contribution in [2.45, 2.75) is 44.6 Å². The highest BCUT2D eigenvalue weighted by Crippen LogP contribution is 2.51. The zero-order valence-corrected chi connectivity index (χ0v) is 8.48. The number of carbonyl (C=O) groups is 1. The zero-order chi connectivity index (χ0) is 9.71. The topological polar surface area (TPSA) is 37.3 Å². The summed E-state index contributed by atoms with van der Waals surface area (Å²) < 4.78 is 0. The van der Waals surface area contributed by atoms with Crippen LogP contribution in [0.3, 0.4) is 0 Å². The van der Waals surface area contributed by atoms with Crippen molar-refractivity contribution in [3.8, 4) is 0 Å². The van der Waals surface area contributed by atoms with Gasteiger partial charge in [-0.1, -0.05) is 0 Å². The highest BCUT2D eigenvalue weighted by atomic mass is 16.3. The fourth-order valence-corrected chi connectivity index (χ4v) is 3.15. The molecule has 2 nitrogen and oxygen atoms in total. The highest BCUT2D eigenvalue weighted by Gasteiger charge is 2.47. The van der Waals surface area contributed by atoms with Gasteiger partial charge in [-0.05, 0) is 49.9 Å². The molecule has 0 amide bonds. The second kappa shape index (κ2) is 3.06. The lowest BCUT2D eigenvalue weighted by molar-refractivity contribution is -0.119. The van der Waals surface area contributed by atoms with E-state index in [0.717, 1.165) is 30.6 Å².